The smallest absolute Gasteiger partial charge is 0.295 e. The number of alkyl halides is 3. The zero-order valence-electron chi connectivity index (χ0n) is 24.8. The second kappa shape index (κ2) is 12.6. The molecule has 0 radical (unpaired) electrons. The standard InChI is InChI=1S/C38H32F4O2/c1-4-30-27(19-16-25-8-5-10-28(20-25)24(3)43)9-6-11-31(30)32-21-29(26-17-14-23(2)15-18-26)22-33(32)37(44)36-34(38(40,41)42)12-7-13-35(36)39/h5-15,17-18,20-22,33H,4,16,19H2,1-3H3. The maximum Gasteiger partial charge on any atom is 0.417 e. The van der Waals surface area contributed by atoms with E-state index in [0.29, 0.717) is 36.0 Å². The molecule has 4 aromatic carbocycles. The first-order chi connectivity index (χ1) is 21.0. The Balaban J connectivity index is 1.59. The Hall–Kier alpha value is -4.58. The third-order valence-corrected chi connectivity index (χ3v) is 8.18. The van der Waals surface area contributed by atoms with Crippen LogP contribution in [0.5, 0.6) is 0 Å². The van der Waals surface area contributed by atoms with Gasteiger partial charge in [-0.3, -0.25) is 9.59 Å². The lowest BCUT2D eigenvalue weighted by Gasteiger charge is -2.21. The van der Waals surface area contributed by atoms with E-state index in [1.54, 1.807) is 12.1 Å². The minimum Gasteiger partial charge on any atom is -0.295 e. The SMILES string of the molecule is CCc1c(CCc2cccc(C(C)=O)c2)cccc1C1=CC(c2ccc(C)cc2)=CC1C(=O)c1c(F)cccc1C(F)(F)F. The predicted octanol–water partition coefficient (Wildman–Crippen LogP) is 9.68. The third kappa shape index (κ3) is 6.35. The number of Topliss-reactive ketones (excluding diaryl/α,β-unsaturated/α-hetero) is 2. The number of hydrogen-bond donors (Lipinski definition) is 0. The molecule has 0 N–H and O–H groups in total. The van der Waals surface area contributed by atoms with Crippen molar-refractivity contribution in [2.75, 3.05) is 0 Å². The summed E-state index contributed by atoms with van der Waals surface area (Å²) >= 11 is 0. The summed E-state index contributed by atoms with van der Waals surface area (Å²) in [6, 6.07) is 23.5. The Morgan fingerprint density at radius 1 is 0.864 bits per heavy atom. The van der Waals surface area contributed by atoms with E-state index < -0.39 is 34.8 Å². The van der Waals surface area contributed by atoms with Crippen LogP contribution in [0.4, 0.5) is 17.6 Å². The first kappa shape index (κ1) is 30.9. The lowest BCUT2D eigenvalue weighted by Crippen LogP contribution is -2.21. The van der Waals surface area contributed by atoms with Gasteiger partial charge >= 0.3 is 6.18 Å². The average molecular weight is 597 g/mol. The molecule has 0 aliphatic heterocycles. The molecule has 44 heavy (non-hydrogen) atoms. The number of hydrogen-bond acceptors (Lipinski definition) is 2. The van der Waals surface area contributed by atoms with Crippen molar-refractivity contribution >= 4 is 22.7 Å². The molecule has 1 aliphatic carbocycles. The number of carbonyl (C=O) groups excluding carboxylic acids is 2. The second-order valence-corrected chi connectivity index (χ2v) is 11.1. The van der Waals surface area contributed by atoms with Gasteiger partial charge < -0.3 is 0 Å². The number of carbonyl (C=O) groups is 2. The van der Waals surface area contributed by atoms with Crippen LogP contribution >= 0.6 is 0 Å². The number of allylic oxidation sites excluding steroid dienone is 4. The maximum absolute atomic E-state index is 15.0. The van der Waals surface area contributed by atoms with E-state index in [4.69, 9.17) is 0 Å². The van der Waals surface area contributed by atoms with Crippen molar-refractivity contribution in [3.8, 4) is 0 Å². The topological polar surface area (TPSA) is 34.1 Å². The molecule has 1 aliphatic rings. The summed E-state index contributed by atoms with van der Waals surface area (Å²) in [7, 11) is 0. The van der Waals surface area contributed by atoms with Crippen molar-refractivity contribution in [1.29, 1.82) is 0 Å². The molecule has 0 saturated carbocycles. The Morgan fingerprint density at radius 2 is 1.57 bits per heavy atom. The zero-order valence-corrected chi connectivity index (χ0v) is 24.8. The first-order valence-corrected chi connectivity index (χ1v) is 14.6. The maximum atomic E-state index is 15.0. The fourth-order valence-corrected chi connectivity index (χ4v) is 5.91. The molecule has 4 aromatic rings. The summed E-state index contributed by atoms with van der Waals surface area (Å²) in [4.78, 5) is 25.8. The van der Waals surface area contributed by atoms with Crippen LogP contribution in [0.3, 0.4) is 0 Å². The van der Waals surface area contributed by atoms with E-state index >= 15 is 4.39 Å². The molecule has 6 heteroatoms. The van der Waals surface area contributed by atoms with Crippen molar-refractivity contribution < 1.29 is 27.2 Å². The van der Waals surface area contributed by atoms with Crippen molar-refractivity contribution in [1.82, 2.24) is 0 Å². The van der Waals surface area contributed by atoms with E-state index in [1.807, 2.05) is 80.6 Å². The Morgan fingerprint density at radius 3 is 2.25 bits per heavy atom. The summed E-state index contributed by atoms with van der Waals surface area (Å²) < 4.78 is 57.0. The van der Waals surface area contributed by atoms with Gasteiger partial charge in [-0.2, -0.15) is 13.2 Å². The van der Waals surface area contributed by atoms with Gasteiger partial charge in [0.15, 0.2) is 11.6 Å². The normalized spacial score (nSPS) is 14.8. The fraction of sp³-hybridized carbons (Fsp3) is 0.211. The van der Waals surface area contributed by atoms with E-state index in [2.05, 4.69) is 0 Å². The monoisotopic (exact) mass is 596 g/mol. The van der Waals surface area contributed by atoms with Gasteiger partial charge in [0.2, 0.25) is 0 Å². The van der Waals surface area contributed by atoms with Gasteiger partial charge in [-0.15, -0.1) is 0 Å². The highest BCUT2D eigenvalue weighted by Gasteiger charge is 2.40. The lowest BCUT2D eigenvalue weighted by molar-refractivity contribution is -0.138. The van der Waals surface area contributed by atoms with Crippen LogP contribution in [0.1, 0.15) is 73.5 Å². The molecule has 2 nitrogen and oxygen atoms in total. The number of aryl methyl sites for hydroxylation is 3. The minimum atomic E-state index is -4.90. The van der Waals surface area contributed by atoms with E-state index in [0.717, 1.165) is 51.6 Å². The van der Waals surface area contributed by atoms with Crippen LogP contribution < -0.4 is 0 Å². The van der Waals surface area contributed by atoms with Crippen LogP contribution in [0, 0.1) is 18.7 Å². The van der Waals surface area contributed by atoms with Gasteiger partial charge in [0, 0.05) is 5.56 Å². The molecule has 0 fully saturated rings. The van der Waals surface area contributed by atoms with Crippen molar-refractivity contribution in [3.63, 3.8) is 0 Å². The number of ketones is 2. The third-order valence-electron chi connectivity index (χ3n) is 8.18. The van der Waals surface area contributed by atoms with E-state index in [9.17, 15) is 22.8 Å². The van der Waals surface area contributed by atoms with Crippen molar-refractivity contribution in [3.05, 3.63) is 153 Å². The summed E-state index contributed by atoms with van der Waals surface area (Å²) in [5.74, 6) is -3.25. The molecule has 1 atom stereocenters. The summed E-state index contributed by atoms with van der Waals surface area (Å²) in [6.07, 6.45) is 0.548. The quantitative estimate of drug-likeness (QED) is 0.142. The molecule has 0 heterocycles. The molecule has 0 amide bonds. The Kier molecular flexibility index (Phi) is 8.82. The summed E-state index contributed by atoms with van der Waals surface area (Å²) in [5.41, 5.74) is 5.28. The van der Waals surface area contributed by atoms with Crippen LogP contribution in [0.2, 0.25) is 0 Å². The Labute approximate surface area is 254 Å². The molecule has 224 valence electrons. The zero-order chi connectivity index (χ0) is 31.6. The lowest BCUT2D eigenvalue weighted by atomic mass is 9.83. The molecule has 0 aromatic heterocycles. The molecular formula is C38H32F4O2. The van der Waals surface area contributed by atoms with Crippen LogP contribution in [-0.4, -0.2) is 11.6 Å². The predicted molar refractivity (Wildman–Crippen MR) is 166 cm³/mol. The number of rotatable bonds is 9. The second-order valence-electron chi connectivity index (χ2n) is 11.1. The average Bonchev–Trinajstić information content (AvgIpc) is 3.44. The van der Waals surface area contributed by atoms with Gasteiger partial charge in [0.25, 0.3) is 0 Å². The number of halogens is 4. The molecule has 1 unspecified atom stereocenters. The van der Waals surface area contributed by atoms with Crippen LogP contribution in [0.15, 0.2) is 97.1 Å². The van der Waals surface area contributed by atoms with Gasteiger partial charge in [-0.25, -0.2) is 4.39 Å². The molecule has 0 spiro atoms. The number of benzene rings is 4. The van der Waals surface area contributed by atoms with Gasteiger partial charge in [-0.1, -0.05) is 85.3 Å². The minimum absolute atomic E-state index is 0.00705. The van der Waals surface area contributed by atoms with E-state index in [1.165, 1.54) is 6.92 Å². The molecule has 5 rings (SSSR count). The van der Waals surface area contributed by atoms with Crippen molar-refractivity contribution in [2.24, 2.45) is 5.92 Å². The largest absolute Gasteiger partial charge is 0.417 e. The highest BCUT2D eigenvalue weighted by molar-refractivity contribution is 6.12. The van der Waals surface area contributed by atoms with Crippen LogP contribution in [0.25, 0.3) is 11.1 Å². The van der Waals surface area contributed by atoms with Gasteiger partial charge in [-0.05, 0) is 96.3 Å². The summed E-state index contributed by atoms with van der Waals surface area (Å²) in [6.45, 7) is 5.48. The highest BCUT2D eigenvalue weighted by atomic mass is 19.4. The van der Waals surface area contributed by atoms with Crippen LogP contribution in [-0.2, 0) is 25.4 Å². The summed E-state index contributed by atoms with van der Waals surface area (Å²) in [5, 5.41) is 0. The highest BCUT2D eigenvalue weighted by Crippen LogP contribution is 2.43. The van der Waals surface area contributed by atoms with E-state index in [-0.39, 0.29) is 5.78 Å². The molecule has 0 saturated heterocycles. The van der Waals surface area contributed by atoms with Gasteiger partial charge in [0.05, 0.1) is 17.0 Å². The van der Waals surface area contributed by atoms with Crippen molar-refractivity contribution in [2.45, 2.75) is 46.2 Å². The Bertz CT molecular complexity index is 1790. The fourth-order valence-electron chi connectivity index (χ4n) is 5.91. The first-order valence-electron chi connectivity index (χ1n) is 14.6. The van der Waals surface area contributed by atoms with Gasteiger partial charge in [0.1, 0.15) is 5.82 Å². The molecular weight excluding hydrogens is 564 g/mol. The molecule has 0 bridgehead atoms.